The van der Waals surface area contributed by atoms with Crippen molar-refractivity contribution in [3.05, 3.63) is 134 Å². The molecule has 6 rings (SSSR count). The number of nitrogens with zero attached hydrogens (tertiary/aromatic N) is 4. The van der Waals surface area contributed by atoms with Crippen molar-refractivity contribution in [2.24, 2.45) is 0 Å². The lowest BCUT2D eigenvalue weighted by atomic mass is 9.93. The van der Waals surface area contributed by atoms with Gasteiger partial charge in [-0.3, -0.25) is 30.0 Å². The summed E-state index contributed by atoms with van der Waals surface area (Å²) in [4.78, 5) is 24.1. The van der Waals surface area contributed by atoms with Gasteiger partial charge >= 0.3 is 23.7 Å². The Hall–Kier alpha value is -5.53. The summed E-state index contributed by atoms with van der Waals surface area (Å²) in [6, 6.07) is 21.7. The summed E-state index contributed by atoms with van der Waals surface area (Å²) in [5.41, 5.74) is -3.26. The predicted octanol–water partition coefficient (Wildman–Crippen LogP) is 9.59. The molecule has 0 spiro atoms. The zero-order chi connectivity index (χ0) is 44.8. The van der Waals surface area contributed by atoms with E-state index in [1.165, 1.54) is 54.6 Å². The molecule has 19 heteroatoms. The molecule has 0 radical (unpaired) electrons. The van der Waals surface area contributed by atoms with Crippen LogP contribution in [0.5, 0.6) is 17.2 Å². The van der Waals surface area contributed by atoms with E-state index in [1.807, 2.05) is 6.92 Å². The van der Waals surface area contributed by atoms with Crippen LogP contribution in [-0.4, -0.2) is 88.4 Å². The van der Waals surface area contributed by atoms with E-state index >= 15 is 0 Å². The molecule has 332 valence electrons. The molecular formula is C42H47F7N4O8. The van der Waals surface area contributed by atoms with E-state index in [9.17, 15) is 56.1 Å². The summed E-state index contributed by atoms with van der Waals surface area (Å²) in [5, 5.41) is 31.0. The smallest absolute Gasteiger partial charge is 0.419 e. The molecule has 0 amide bonds. The molecule has 2 aliphatic rings. The fourth-order valence-electron chi connectivity index (χ4n) is 6.39. The molecule has 0 unspecified atom stereocenters. The van der Waals surface area contributed by atoms with E-state index < -0.39 is 56.0 Å². The van der Waals surface area contributed by atoms with Gasteiger partial charge < -0.3 is 19.3 Å². The lowest BCUT2D eigenvalue weighted by Gasteiger charge is -2.39. The number of hydrogen-bond donors (Lipinski definition) is 1. The number of alkyl halides is 6. The maximum Gasteiger partial charge on any atom is 0.419 e. The average Bonchev–Trinajstić information content (AvgIpc) is 3.20. The van der Waals surface area contributed by atoms with Gasteiger partial charge in [0.15, 0.2) is 5.75 Å². The fraction of sp³-hybridized carbons (Fsp3) is 0.429. The van der Waals surface area contributed by atoms with Crippen molar-refractivity contribution >= 4 is 11.4 Å². The van der Waals surface area contributed by atoms with Crippen molar-refractivity contribution in [3.8, 4) is 17.2 Å². The van der Waals surface area contributed by atoms with Crippen molar-refractivity contribution in [2.75, 3.05) is 52.5 Å². The first kappa shape index (κ1) is 48.1. The molecule has 4 aromatic rings. The second-order valence-corrected chi connectivity index (χ2v) is 14.9. The van der Waals surface area contributed by atoms with E-state index in [4.69, 9.17) is 14.2 Å². The number of para-hydroxylation sites is 5. The zero-order valence-electron chi connectivity index (χ0n) is 33.5. The minimum Gasteiger partial charge on any atom is -0.492 e. The maximum atomic E-state index is 13.0. The second-order valence-electron chi connectivity index (χ2n) is 14.9. The quantitative estimate of drug-likeness (QED) is 0.0832. The molecular weight excluding hydrogens is 821 g/mol. The number of ether oxygens (including phenoxy) is 3. The van der Waals surface area contributed by atoms with Crippen molar-refractivity contribution in [3.63, 3.8) is 0 Å². The number of nitro groups is 2. The molecule has 0 aliphatic carbocycles. The van der Waals surface area contributed by atoms with Gasteiger partial charge in [-0.1, -0.05) is 48.5 Å². The maximum absolute atomic E-state index is 13.0. The van der Waals surface area contributed by atoms with Crippen molar-refractivity contribution in [2.45, 2.75) is 63.1 Å². The van der Waals surface area contributed by atoms with Gasteiger partial charge in [-0.15, -0.1) is 0 Å². The third-order valence-corrected chi connectivity index (χ3v) is 10.0. The van der Waals surface area contributed by atoms with Crippen LogP contribution in [0.3, 0.4) is 0 Å². The Morgan fingerprint density at radius 3 is 1.39 bits per heavy atom. The fourth-order valence-corrected chi connectivity index (χ4v) is 6.39. The molecule has 2 heterocycles. The van der Waals surface area contributed by atoms with Crippen LogP contribution in [0.2, 0.25) is 0 Å². The topological polar surface area (TPSA) is 141 Å². The predicted molar refractivity (Wildman–Crippen MR) is 211 cm³/mol. The Morgan fingerprint density at radius 1 is 0.607 bits per heavy atom. The van der Waals surface area contributed by atoms with Crippen LogP contribution < -0.4 is 14.2 Å². The van der Waals surface area contributed by atoms with Crippen LogP contribution in [0.1, 0.15) is 50.7 Å². The Labute approximate surface area is 347 Å². The van der Waals surface area contributed by atoms with E-state index in [1.54, 1.807) is 25.1 Å². The highest BCUT2D eigenvalue weighted by atomic mass is 19.4. The van der Waals surface area contributed by atoms with E-state index in [0.29, 0.717) is 51.9 Å². The first-order valence-corrected chi connectivity index (χ1v) is 19.2. The summed E-state index contributed by atoms with van der Waals surface area (Å²) < 4.78 is 107. The second kappa shape index (κ2) is 21.3. The number of hydrogen-bond acceptors (Lipinski definition) is 10. The molecule has 4 aromatic carbocycles. The van der Waals surface area contributed by atoms with Gasteiger partial charge in [0, 0.05) is 51.4 Å². The molecule has 0 atom stereocenters. The third kappa shape index (κ3) is 15.2. The Balaban J connectivity index is 0.000000228. The van der Waals surface area contributed by atoms with Crippen LogP contribution in [0.25, 0.3) is 0 Å². The molecule has 0 bridgehead atoms. The number of benzene rings is 4. The molecule has 0 aromatic heterocycles. The van der Waals surface area contributed by atoms with Crippen LogP contribution in [0, 0.1) is 26.0 Å². The van der Waals surface area contributed by atoms with Crippen LogP contribution in [0.4, 0.5) is 42.1 Å². The zero-order valence-corrected chi connectivity index (χ0v) is 33.5. The normalized spacial score (nSPS) is 16.5. The molecule has 0 saturated carbocycles. The number of halogens is 7. The third-order valence-electron chi connectivity index (χ3n) is 10.0. The number of rotatable bonds is 12. The molecule has 61 heavy (non-hydrogen) atoms. The highest BCUT2D eigenvalue weighted by Crippen LogP contribution is 2.38. The van der Waals surface area contributed by atoms with E-state index in [2.05, 4.69) is 9.80 Å². The average molecular weight is 869 g/mol. The van der Waals surface area contributed by atoms with Gasteiger partial charge in [-0.05, 0) is 75.9 Å². The van der Waals surface area contributed by atoms with E-state index in [0.717, 1.165) is 37.4 Å². The largest absolute Gasteiger partial charge is 0.492 e. The van der Waals surface area contributed by atoms with Gasteiger partial charge in [0.25, 0.3) is 0 Å². The Bertz CT molecular complexity index is 2030. The summed E-state index contributed by atoms with van der Waals surface area (Å²) in [7, 11) is 0. The Morgan fingerprint density at radius 2 is 0.984 bits per heavy atom. The summed E-state index contributed by atoms with van der Waals surface area (Å²) >= 11 is 0. The van der Waals surface area contributed by atoms with Crippen LogP contribution in [-0.2, 0) is 12.4 Å². The van der Waals surface area contributed by atoms with Crippen molar-refractivity contribution in [1.82, 2.24) is 9.80 Å². The molecule has 2 saturated heterocycles. The van der Waals surface area contributed by atoms with Gasteiger partial charge in [0.05, 0.1) is 26.6 Å². The monoisotopic (exact) mass is 868 g/mol. The van der Waals surface area contributed by atoms with E-state index in [-0.39, 0.29) is 36.1 Å². The van der Waals surface area contributed by atoms with Crippen molar-refractivity contribution in [1.29, 1.82) is 0 Å². The van der Waals surface area contributed by atoms with Gasteiger partial charge in [-0.25, -0.2) is 0 Å². The first-order chi connectivity index (χ1) is 28.7. The molecule has 2 fully saturated rings. The highest BCUT2D eigenvalue weighted by molar-refractivity contribution is 5.46. The minimum atomic E-state index is -4.46. The highest BCUT2D eigenvalue weighted by Gasteiger charge is 2.36. The standard InChI is InChI=1S/C21H23F3N2O4.C15H20F3NO2.C6H4FNO2/c1-20(30-19-9-5-3-7-17(19)26(27)28)10-12-25(13-11-20)14-15-29-18-8-4-2-6-16(18)21(22,23)24;1-14(20)6-8-19(9-7-14)10-11-21-13-5-3-2-4-12(13)15(16,17)18;7-5-3-1-2-4-6(5)8(9)10/h2-9H,10-15H2,1H3;2-5,20H,6-11H2,1H3;1-4H. The molecule has 2 aliphatic heterocycles. The summed E-state index contributed by atoms with van der Waals surface area (Å²) in [6.45, 7) is 7.87. The summed E-state index contributed by atoms with van der Waals surface area (Å²) in [6.07, 6.45) is -6.24. The number of nitro benzene ring substituents is 2. The number of likely N-dealkylation sites (tertiary alicyclic amines) is 2. The number of piperidine rings is 2. The Kier molecular flexibility index (Phi) is 16.8. The SMILES string of the molecule is CC1(O)CCN(CCOc2ccccc2C(F)(F)F)CC1.CC1(Oc2ccccc2[N+](=O)[O-])CCN(CCOc2ccccc2C(F)(F)F)CC1.O=[N+]([O-])c1ccccc1F. The van der Waals surface area contributed by atoms with Gasteiger partial charge in [0.2, 0.25) is 5.82 Å². The van der Waals surface area contributed by atoms with Crippen LogP contribution >= 0.6 is 0 Å². The molecule has 1 N–H and O–H groups in total. The lowest BCUT2D eigenvalue weighted by Crippen LogP contribution is -2.47. The van der Waals surface area contributed by atoms with Crippen LogP contribution in [0.15, 0.2) is 97.1 Å². The minimum absolute atomic E-state index is 0.0714. The number of aliphatic hydroxyl groups is 1. The first-order valence-electron chi connectivity index (χ1n) is 19.2. The van der Waals surface area contributed by atoms with Gasteiger partial charge in [0.1, 0.15) is 30.3 Å². The van der Waals surface area contributed by atoms with Crippen molar-refractivity contribution < 1.29 is 59.9 Å². The summed E-state index contributed by atoms with van der Waals surface area (Å²) in [5.74, 6) is -0.862. The lowest BCUT2D eigenvalue weighted by molar-refractivity contribution is -0.387. The van der Waals surface area contributed by atoms with Gasteiger partial charge in [-0.2, -0.15) is 30.7 Å². The molecule has 12 nitrogen and oxygen atoms in total.